The van der Waals surface area contributed by atoms with Crippen LogP contribution in [0.15, 0.2) is 27.8 Å². The van der Waals surface area contributed by atoms with Gasteiger partial charge in [-0.05, 0) is 55.8 Å². The van der Waals surface area contributed by atoms with Crippen LogP contribution in [-0.2, 0) is 13.2 Å². The molecule has 2 aromatic rings. The first-order chi connectivity index (χ1) is 11.8. The van der Waals surface area contributed by atoms with Crippen LogP contribution in [0.4, 0.5) is 18.9 Å². The molecule has 0 radical (unpaired) electrons. The number of hydrogen-bond acceptors (Lipinski definition) is 2. The highest BCUT2D eigenvalue weighted by Crippen LogP contribution is 2.46. The fourth-order valence-electron chi connectivity index (χ4n) is 2.14. The highest BCUT2D eigenvalue weighted by atomic mass is 35.5. The normalized spacial score (nSPS) is 14.2. The first-order valence-electron chi connectivity index (χ1n) is 7.74. The zero-order valence-electron chi connectivity index (χ0n) is 15.3. The highest BCUT2D eigenvalue weighted by Gasteiger charge is 2.34. The fraction of sp³-hybridized carbons (Fsp3) is 0.333. The van der Waals surface area contributed by atoms with Crippen molar-refractivity contribution in [1.29, 1.82) is 0 Å². The van der Waals surface area contributed by atoms with Crippen molar-refractivity contribution in [2.24, 2.45) is 12.0 Å². The van der Waals surface area contributed by atoms with E-state index >= 15 is 0 Å². The number of rotatable bonds is 3. The Morgan fingerprint density at radius 2 is 1.96 bits per heavy atom. The van der Waals surface area contributed by atoms with E-state index in [1.165, 1.54) is 7.05 Å². The third-order valence-corrected chi connectivity index (χ3v) is 7.35. The standard InChI is InChI=1S/C18H21ClF3N2PS/c1-11-7-14(19)13(8-12(2)25(4,5)6)9-15(11)23-17-24(3)16(10-26-17)18(20,21)22/h7-10H,4H2,1-3,5-6H3/b12-8+,23-17?. The number of aromatic nitrogens is 1. The van der Waals surface area contributed by atoms with Gasteiger partial charge in [0.25, 0.3) is 0 Å². The topological polar surface area (TPSA) is 17.3 Å². The Kier molecular flexibility index (Phi) is 6.01. The summed E-state index contributed by atoms with van der Waals surface area (Å²) in [4.78, 5) is 4.71. The quantitative estimate of drug-likeness (QED) is 0.513. The minimum absolute atomic E-state index is 0.277. The van der Waals surface area contributed by atoms with Crippen LogP contribution in [0.2, 0.25) is 5.02 Å². The molecule has 0 atom stereocenters. The van der Waals surface area contributed by atoms with Crippen LogP contribution >= 0.6 is 29.8 Å². The number of aryl methyl sites for hydroxylation is 1. The summed E-state index contributed by atoms with van der Waals surface area (Å²) in [7, 11) is 1.37. The molecule has 0 saturated heterocycles. The van der Waals surface area contributed by atoms with Crippen LogP contribution < -0.4 is 4.80 Å². The van der Waals surface area contributed by atoms with Gasteiger partial charge in [0.15, 0.2) is 4.80 Å². The Morgan fingerprint density at radius 1 is 1.35 bits per heavy atom. The Labute approximate surface area is 160 Å². The lowest BCUT2D eigenvalue weighted by atomic mass is 10.1. The van der Waals surface area contributed by atoms with Gasteiger partial charge in [-0.1, -0.05) is 30.9 Å². The van der Waals surface area contributed by atoms with Crippen LogP contribution in [0.25, 0.3) is 6.08 Å². The van der Waals surface area contributed by atoms with Crippen LogP contribution in [0.1, 0.15) is 23.7 Å². The van der Waals surface area contributed by atoms with Crippen molar-refractivity contribution in [1.82, 2.24) is 4.57 Å². The third kappa shape index (κ3) is 4.73. The Bertz CT molecular complexity index is 977. The second-order valence-corrected chi connectivity index (χ2v) is 12.0. The molecule has 1 aromatic carbocycles. The van der Waals surface area contributed by atoms with Gasteiger partial charge in [0, 0.05) is 17.5 Å². The maximum atomic E-state index is 13.0. The van der Waals surface area contributed by atoms with Crippen LogP contribution in [0.3, 0.4) is 0 Å². The molecule has 0 amide bonds. The average molecular weight is 421 g/mol. The zero-order valence-corrected chi connectivity index (χ0v) is 17.7. The van der Waals surface area contributed by atoms with Gasteiger partial charge < -0.3 is 4.57 Å². The van der Waals surface area contributed by atoms with E-state index < -0.39 is 18.8 Å². The van der Waals surface area contributed by atoms with E-state index in [2.05, 4.69) is 24.6 Å². The van der Waals surface area contributed by atoms with E-state index in [1.807, 2.05) is 26.0 Å². The van der Waals surface area contributed by atoms with Gasteiger partial charge in [-0.25, -0.2) is 4.99 Å². The molecule has 0 fully saturated rings. The molecule has 0 spiro atoms. The van der Waals surface area contributed by atoms with E-state index in [9.17, 15) is 13.2 Å². The number of alkyl halides is 3. The average Bonchev–Trinajstić information content (AvgIpc) is 2.84. The number of thiazole rings is 1. The Morgan fingerprint density at radius 3 is 2.46 bits per heavy atom. The number of allylic oxidation sites excluding steroid dienone is 1. The molecule has 142 valence electrons. The molecule has 2 nitrogen and oxygen atoms in total. The summed E-state index contributed by atoms with van der Waals surface area (Å²) in [6, 6.07) is 3.59. The Hall–Kier alpha value is -1.23. The van der Waals surface area contributed by atoms with Gasteiger partial charge in [0.05, 0.1) is 5.69 Å². The molecular weight excluding hydrogens is 400 g/mol. The largest absolute Gasteiger partial charge is 0.432 e. The highest BCUT2D eigenvalue weighted by molar-refractivity contribution is 7.76. The van der Waals surface area contributed by atoms with Crippen molar-refractivity contribution >= 4 is 47.9 Å². The van der Waals surface area contributed by atoms with Gasteiger partial charge in [-0.2, -0.15) is 13.2 Å². The van der Waals surface area contributed by atoms with Crippen LogP contribution in [0.5, 0.6) is 0 Å². The summed E-state index contributed by atoms with van der Waals surface area (Å²) in [5.41, 5.74) is 1.48. The van der Waals surface area contributed by atoms with Gasteiger partial charge in [-0.3, -0.25) is 0 Å². The minimum Gasteiger partial charge on any atom is -0.316 e. The van der Waals surface area contributed by atoms with E-state index in [-0.39, 0.29) is 4.80 Å². The van der Waals surface area contributed by atoms with Gasteiger partial charge in [0.1, 0.15) is 5.69 Å². The summed E-state index contributed by atoms with van der Waals surface area (Å²) in [6.07, 6.45) is 1.79. The maximum Gasteiger partial charge on any atom is 0.432 e. The van der Waals surface area contributed by atoms with Crippen molar-refractivity contribution in [2.75, 3.05) is 13.3 Å². The SMILES string of the molecule is C=P(C)(C)/C(C)=C/c1cc(N=c2scc(C(F)(F)F)n2C)c(C)cc1Cl. The first-order valence-corrected chi connectivity index (χ1v) is 11.9. The van der Waals surface area contributed by atoms with E-state index in [1.54, 1.807) is 6.07 Å². The number of hydrogen-bond donors (Lipinski definition) is 0. The maximum absolute atomic E-state index is 13.0. The fourth-order valence-corrected chi connectivity index (χ4v) is 3.82. The molecule has 0 unspecified atom stereocenters. The number of benzene rings is 1. The molecule has 0 aliphatic rings. The second-order valence-electron chi connectivity index (χ2n) is 6.70. The predicted octanol–water partition coefficient (Wildman–Crippen LogP) is 6.37. The summed E-state index contributed by atoms with van der Waals surface area (Å²) in [6.45, 7) is 6.65. The molecule has 26 heavy (non-hydrogen) atoms. The first kappa shape index (κ1) is 21.1. The smallest absolute Gasteiger partial charge is 0.316 e. The van der Waals surface area contributed by atoms with Gasteiger partial charge in [0.2, 0.25) is 0 Å². The van der Waals surface area contributed by atoms with Crippen molar-refractivity contribution < 1.29 is 13.2 Å². The van der Waals surface area contributed by atoms with Gasteiger partial charge in [-0.15, -0.1) is 11.3 Å². The minimum atomic E-state index is -4.40. The Balaban J connectivity index is 2.61. The van der Waals surface area contributed by atoms with Crippen LogP contribution in [0, 0.1) is 6.92 Å². The van der Waals surface area contributed by atoms with Crippen molar-refractivity contribution in [2.45, 2.75) is 20.0 Å². The van der Waals surface area contributed by atoms with E-state index in [4.69, 9.17) is 11.6 Å². The van der Waals surface area contributed by atoms with Crippen molar-refractivity contribution in [3.8, 4) is 0 Å². The second kappa shape index (κ2) is 7.41. The summed E-state index contributed by atoms with van der Waals surface area (Å²) in [5.74, 6) is 0. The number of halogens is 4. The molecule has 0 aliphatic carbocycles. The molecule has 2 rings (SSSR count). The zero-order chi connectivity index (χ0) is 19.9. The van der Waals surface area contributed by atoms with Crippen LogP contribution in [-0.4, -0.2) is 24.2 Å². The summed E-state index contributed by atoms with van der Waals surface area (Å²) in [5, 5.41) is 2.81. The van der Waals surface area contributed by atoms with E-state index in [0.29, 0.717) is 10.7 Å². The lowest BCUT2D eigenvalue weighted by Gasteiger charge is -2.14. The molecule has 0 N–H and O–H groups in total. The monoisotopic (exact) mass is 420 g/mol. The number of nitrogens with zero attached hydrogens (tertiary/aromatic N) is 2. The summed E-state index contributed by atoms with van der Waals surface area (Å²) < 4.78 is 40.0. The summed E-state index contributed by atoms with van der Waals surface area (Å²) >= 11 is 7.31. The molecule has 0 aliphatic heterocycles. The molecule has 1 heterocycles. The predicted molar refractivity (Wildman–Crippen MR) is 109 cm³/mol. The molecule has 0 saturated carbocycles. The lowest BCUT2D eigenvalue weighted by molar-refractivity contribution is -0.143. The molecule has 1 aromatic heterocycles. The lowest BCUT2D eigenvalue weighted by Crippen LogP contribution is -2.18. The van der Waals surface area contributed by atoms with Gasteiger partial charge >= 0.3 is 6.18 Å². The molecule has 0 bridgehead atoms. The van der Waals surface area contributed by atoms with Crippen molar-refractivity contribution in [3.05, 3.63) is 49.5 Å². The molecular formula is C18H21ClF3N2PS. The van der Waals surface area contributed by atoms with Crippen molar-refractivity contribution in [3.63, 3.8) is 0 Å². The van der Waals surface area contributed by atoms with E-state index in [0.717, 1.165) is 37.7 Å². The third-order valence-electron chi connectivity index (χ3n) is 4.07. The molecule has 8 heteroatoms.